The zero-order valence-corrected chi connectivity index (χ0v) is 31.8. The Bertz CT molecular complexity index is 2410. The number of nitrogens with zero attached hydrogens (tertiary/aromatic N) is 9. The molecule has 1 saturated carbocycles. The third-order valence-electron chi connectivity index (χ3n) is 10.6. The Labute approximate surface area is 328 Å². The molecule has 1 aliphatic heterocycles. The number of aryl methyl sites for hydroxylation is 1. The number of aliphatic hydroxyl groups excluding tert-OH is 2. The van der Waals surface area contributed by atoms with Gasteiger partial charge in [0.1, 0.15) is 18.2 Å². The number of tetrazole rings is 1. The molecule has 2 aliphatic rings. The second-order valence-electron chi connectivity index (χ2n) is 14.3. The number of fused-ring (bicyclic) bond motifs is 1. The number of anilines is 3. The number of aliphatic hydroxyl groups is 2. The minimum atomic E-state index is -3.86. The van der Waals surface area contributed by atoms with Crippen LogP contribution in [0.4, 0.5) is 22.2 Å². The van der Waals surface area contributed by atoms with Gasteiger partial charge < -0.3 is 35.6 Å². The van der Waals surface area contributed by atoms with Gasteiger partial charge in [0.25, 0.3) is 0 Å². The van der Waals surface area contributed by atoms with Gasteiger partial charge in [-0.25, -0.2) is 23.3 Å². The Kier molecular flexibility index (Phi) is 10.5. The Balaban J connectivity index is 1.07. The zero-order valence-electron chi connectivity index (χ0n) is 31.0. The summed E-state index contributed by atoms with van der Waals surface area (Å²) in [6, 6.07) is 24.1. The number of nitrogens with two attached hydrogens (primary N) is 1. The number of hydrogen-bond donors (Lipinski definition) is 6. The first kappa shape index (κ1) is 37.9. The number of amides is 2. The number of rotatable bonds is 12. The maximum Gasteiger partial charge on any atom is 0.319 e. The number of carbonyl (C=O) groups excluding carboxylic acids is 1. The average Bonchev–Trinajstić information content (AvgIpc) is 4.03. The average molecular weight is 794 g/mol. The smallest absolute Gasteiger partial charge is 0.319 e. The van der Waals surface area contributed by atoms with Gasteiger partial charge in [-0.05, 0) is 53.4 Å². The topological polar surface area (TPSA) is 244 Å². The van der Waals surface area contributed by atoms with Crippen molar-refractivity contribution in [3.8, 4) is 0 Å². The van der Waals surface area contributed by atoms with E-state index >= 15 is 0 Å². The van der Waals surface area contributed by atoms with Gasteiger partial charge in [-0.3, -0.25) is 0 Å². The van der Waals surface area contributed by atoms with Crippen LogP contribution in [0.25, 0.3) is 11.2 Å². The molecule has 1 aliphatic carbocycles. The molecule has 3 aromatic heterocycles. The number of benzene rings is 3. The summed E-state index contributed by atoms with van der Waals surface area (Å²) in [5, 5.41) is 49.7. The second kappa shape index (κ2) is 15.8. The number of sulfonamides is 1. The standard InChI is InChI=1S/C38H43N13O5S/c1-2-31-46-48-51(47-31)30-19-29(33(52)34(30)53)50-22-41-32-35(40-20-28(23-9-5-3-6-10-23)24-11-7-4-8-12-24)44-37(45-36(32)50)49-18-17-26(21-49)43-38(54)42-25-13-15-27(16-14-25)57(39,55)56/h3-16,22,26,28-30,33-34,52-53H,2,17-21H2,1H3,(H2,39,55,56)(H,40,44,45)(H2,42,43,54)/t26-,29-,30+,33+,34-/m1/s1. The van der Waals surface area contributed by atoms with Crippen molar-refractivity contribution in [1.82, 2.24) is 45.0 Å². The van der Waals surface area contributed by atoms with Gasteiger partial charge in [-0.1, -0.05) is 67.6 Å². The molecule has 7 N–H and O–H groups in total. The van der Waals surface area contributed by atoms with E-state index in [1.54, 1.807) is 10.9 Å². The SMILES string of the molecule is CCc1nnn([C@H]2C[C@@H](n3cnc4c(NCC(c5ccccc5)c5ccccc5)nc(N5CC[C@@H](NC(=O)Nc6ccc(S(N)(=O)=O)cc6)C5)nc43)[C@H](O)[C@@H]2O)n1. The van der Waals surface area contributed by atoms with Crippen LogP contribution in [0.2, 0.25) is 0 Å². The molecule has 0 radical (unpaired) electrons. The molecular weight excluding hydrogens is 751 g/mol. The molecule has 19 heteroatoms. The normalized spacial score (nSPS) is 21.0. The van der Waals surface area contributed by atoms with Crippen LogP contribution in [0.5, 0.6) is 0 Å². The highest BCUT2D eigenvalue weighted by Crippen LogP contribution is 2.40. The Morgan fingerprint density at radius 1 is 0.947 bits per heavy atom. The van der Waals surface area contributed by atoms with Crippen LogP contribution in [-0.4, -0.2) is 102 Å². The fourth-order valence-corrected chi connectivity index (χ4v) is 8.09. The molecule has 18 nitrogen and oxygen atoms in total. The summed E-state index contributed by atoms with van der Waals surface area (Å²) < 4.78 is 25.0. The number of primary sulfonamides is 1. The van der Waals surface area contributed by atoms with Crippen LogP contribution >= 0.6 is 0 Å². The highest BCUT2D eigenvalue weighted by molar-refractivity contribution is 7.89. The van der Waals surface area contributed by atoms with Crippen LogP contribution in [0.1, 0.15) is 54.7 Å². The van der Waals surface area contributed by atoms with Gasteiger partial charge in [-0.15, -0.1) is 10.2 Å². The molecule has 0 bridgehead atoms. The fourth-order valence-electron chi connectivity index (χ4n) is 7.58. The molecule has 5 atom stereocenters. The molecular formula is C38H43N13O5S. The van der Waals surface area contributed by atoms with Gasteiger partial charge in [0.05, 0.1) is 17.3 Å². The van der Waals surface area contributed by atoms with E-state index in [9.17, 15) is 23.4 Å². The van der Waals surface area contributed by atoms with Crippen molar-refractivity contribution in [2.75, 3.05) is 35.2 Å². The molecule has 1 saturated heterocycles. The molecule has 2 amide bonds. The number of urea groups is 1. The van der Waals surface area contributed by atoms with Crippen molar-refractivity contribution in [1.29, 1.82) is 0 Å². The van der Waals surface area contributed by atoms with E-state index in [4.69, 9.17) is 20.1 Å². The third-order valence-corrected chi connectivity index (χ3v) is 11.5. The molecule has 4 heterocycles. The Morgan fingerprint density at radius 3 is 2.28 bits per heavy atom. The van der Waals surface area contributed by atoms with E-state index in [0.717, 1.165) is 11.1 Å². The largest absolute Gasteiger partial charge is 0.388 e. The number of imidazole rings is 1. The number of aromatic nitrogens is 8. The monoisotopic (exact) mass is 793 g/mol. The highest BCUT2D eigenvalue weighted by Gasteiger charge is 2.45. The summed E-state index contributed by atoms with van der Waals surface area (Å²) in [7, 11) is -3.86. The van der Waals surface area contributed by atoms with E-state index in [-0.39, 0.29) is 16.9 Å². The van der Waals surface area contributed by atoms with Crippen molar-refractivity contribution in [2.24, 2.45) is 5.14 Å². The Hall–Kier alpha value is -6.02. The first-order valence-electron chi connectivity index (χ1n) is 18.7. The molecule has 296 valence electrons. The second-order valence-corrected chi connectivity index (χ2v) is 15.8. The van der Waals surface area contributed by atoms with E-state index in [2.05, 4.69) is 55.6 Å². The predicted molar refractivity (Wildman–Crippen MR) is 211 cm³/mol. The number of nitrogens with one attached hydrogen (secondary N) is 3. The van der Waals surface area contributed by atoms with Gasteiger partial charge >= 0.3 is 6.03 Å². The van der Waals surface area contributed by atoms with Crippen molar-refractivity contribution in [2.45, 2.75) is 67.3 Å². The zero-order chi connectivity index (χ0) is 39.7. The van der Waals surface area contributed by atoms with Crippen LogP contribution in [0.15, 0.2) is 96.2 Å². The number of hydrogen-bond acceptors (Lipinski definition) is 13. The minimum Gasteiger partial charge on any atom is -0.388 e. The maximum absolute atomic E-state index is 13.0. The summed E-state index contributed by atoms with van der Waals surface area (Å²) in [5.41, 5.74) is 3.62. The molecule has 0 spiro atoms. The van der Waals surface area contributed by atoms with E-state index in [0.29, 0.717) is 73.3 Å². The quantitative estimate of drug-likeness (QED) is 0.105. The van der Waals surface area contributed by atoms with Crippen molar-refractivity contribution >= 4 is 44.7 Å². The lowest BCUT2D eigenvalue weighted by molar-refractivity contribution is 0.00473. The summed E-state index contributed by atoms with van der Waals surface area (Å²) in [4.78, 5) is 31.0. The summed E-state index contributed by atoms with van der Waals surface area (Å²) in [5.74, 6) is 1.42. The molecule has 6 aromatic rings. The van der Waals surface area contributed by atoms with Crippen molar-refractivity contribution < 1.29 is 23.4 Å². The first-order valence-corrected chi connectivity index (χ1v) is 20.3. The summed E-state index contributed by atoms with van der Waals surface area (Å²) in [6.45, 7) is 3.34. The van der Waals surface area contributed by atoms with Crippen LogP contribution in [0.3, 0.4) is 0 Å². The van der Waals surface area contributed by atoms with Gasteiger partial charge in [-0.2, -0.15) is 14.8 Å². The fraction of sp³-hybridized carbons (Fsp3) is 0.342. The number of carbonyl (C=O) groups is 1. The molecule has 2 fully saturated rings. The van der Waals surface area contributed by atoms with Gasteiger partial charge in [0.15, 0.2) is 22.8 Å². The lowest BCUT2D eigenvalue weighted by Crippen LogP contribution is -2.40. The predicted octanol–water partition coefficient (Wildman–Crippen LogP) is 2.57. The summed E-state index contributed by atoms with van der Waals surface area (Å²) in [6.07, 6.45) is 0.768. The van der Waals surface area contributed by atoms with Crippen LogP contribution < -0.4 is 26.0 Å². The first-order chi connectivity index (χ1) is 27.6. The van der Waals surface area contributed by atoms with Gasteiger partial charge in [0, 0.05) is 43.7 Å². The van der Waals surface area contributed by atoms with Gasteiger partial charge in [0.2, 0.25) is 16.0 Å². The highest BCUT2D eigenvalue weighted by atomic mass is 32.2. The van der Waals surface area contributed by atoms with E-state index < -0.39 is 40.3 Å². The van der Waals surface area contributed by atoms with Crippen molar-refractivity contribution in [3.05, 3.63) is 108 Å². The lowest BCUT2D eigenvalue weighted by Gasteiger charge is -2.22. The molecule has 0 unspecified atom stereocenters. The van der Waals surface area contributed by atoms with Crippen LogP contribution in [-0.2, 0) is 16.4 Å². The maximum atomic E-state index is 13.0. The van der Waals surface area contributed by atoms with E-state index in [1.165, 1.54) is 29.1 Å². The molecule has 3 aromatic carbocycles. The summed E-state index contributed by atoms with van der Waals surface area (Å²) >= 11 is 0. The Morgan fingerprint density at radius 2 is 1.63 bits per heavy atom. The van der Waals surface area contributed by atoms with Crippen molar-refractivity contribution in [3.63, 3.8) is 0 Å². The third kappa shape index (κ3) is 7.99. The molecule has 8 rings (SSSR count). The van der Waals surface area contributed by atoms with Crippen LogP contribution in [0, 0.1) is 0 Å². The lowest BCUT2D eigenvalue weighted by atomic mass is 9.91. The minimum absolute atomic E-state index is 0.0199. The van der Waals surface area contributed by atoms with E-state index in [1.807, 2.05) is 48.2 Å². The molecule has 57 heavy (non-hydrogen) atoms.